The van der Waals surface area contributed by atoms with Crippen molar-refractivity contribution in [1.82, 2.24) is 0 Å². The number of carbonyl (C=O) groups excluding carboxylic acids is 1. The van der Waals surface area contributed by atoms with E-state index in [1.807, 2.05) is 30.3 Å². The number of anilines is 2. The molecule has 6 heteroatoms. The van der Waals surface area contributed by atoms with E-state index in [1.54, 1.807) is 40.9 Å². The maximum atomic E-state index is 12.8. The largest absolute Gasteiger partial charge is 0.332 e. The van der Waals surface area contributed by atoms with E-state index in [1.165, 1.54) is 0 Å². The Morgan fingerprint density at radius 1 is 1.26 bits per heavy atom. The molecule has 0 unspecified atom stereocenters. The van der Waals surface area contributed by atoms with Gasteiger partial charge in [-0.05, 0) is 30.3 Å². The number of nitrogens with one attached hydrogen (secondary N) is 1. The molecule has 0 saturated carbocycles. The molecular weight excluding hydrogens is 330 g/mol. The third kappa shape index (κ3) is 3.86. The third-order valence-electron chi connectivity index (χ3n) is 3.27. The topological polar surface area (TPSA) is 44.7 Å². The predicted molar refractivity (Wildman–Crippen MR) is 98.7 cm³/mol. The first-order valence-corrected chi connectivity index (χ1v) is 8.52. The summed E-state index contributed by atoms with van der Waals surface area (Å²) in [5.74, 6) is 0. The molecule has 2 aromatic rings. The van der Waals surface area contributed by atoms with Crippen molar-refractivity contribution in [2.24, 2.45) is 4.99 Å². The summed E-state index contributed by atoms with van der Waals surface area (Å²) >= 11 is 7.58. The lowest BCUT2D eigenvalue weighted by Gasteiger charge is -2.22. The summed E-state index contributed by atoms with van der Waals surface area (Å²) in [6, 6.07) is 16.3. The molecule has 0 saturated heterocycles. The predicted octanol–water partition coefficient (Wildman–Crippen LogP) is 4.87. The first-order chi connectivity index (χ1) is 11.1. The molecular formula is C17H16ClN3OS. The maximum absolute atomic E-state index is 12.8. The molecule has 0 aromatic heterocycles. The molecule has 0 bridgehead atoms. The van der Waals surface area contributed by atoms with Crippen LogP contribution in [0.4, 0.5) is 16.2 Å². The highest BCUT2D eigenvalue weighted by molar-refractivity contribution is 8.15. The molecule has 3 rings (SSSR count). The van der Waals surface area contributed by atoms with Gasteiger partial charge < -0.3 is 5.32 Å². The monoisotopic (exact) mass is 345 g/mol. The van der Waals surface area contributed by atoms with E-state index in [-0.39, 0.29) is 6.03 Å². The van der Waals surface area contributed by atoms with E-state index in [2.05, 4.69) is 17.2 Å². The molecule has 1 heterocycles. The highest BCUT2D eigenvalue weighted by Gasteiger charge is 2.27. The molecule has 0 fully saturated rings. The number of para-hydroxylation sites is 1. The molecule has 1 aliphatic heterocycles. The van der Waals surface area contributed by atoms with Crippen LogP contribution in [0, 0.1) is 0 Å². The Hall–Kier alpha value is -1.98. The fourth-order valence-corrected chi connectivity index (χ4v) is 3.36. The van der Waals surface area contributed by atoms with Crippen molar-refractivity contribution >= 4 is 45.9 Å². The van der Waals surface area contributed by atoms with E-state index >= 15 is 0 Å². The zero-order chi connectivity index (χ0) is 16.2. The molecule has 0 radical (unpaired) electrons. The number of benzene rings is 2. The van der Waals surface area contributed by atoms with Gasteiger partial charge in [0.25, 0.3) is 0 Å². The quantitative estimate of drug-likeness (QED) is 0.843. The van der Waals surface area contributed by atoms with Gasteiger partial charge in [-0.15, -0.1) is 0 Å². The van der Waals surface area contributed by atoms with Gasteiger partial charge in [-0.3, -0.25) is 4.99 Å². The molecule has 1 aliphatic rings. The van der Waals surface area contributed by atoms with Crippen LogP contribution in [0.2, 0.25) is 5.02 Å². The highest BCUT2D eigenvalue weighted by atomic mass is 35.5. The SMILES string of the molecule is C[C@@H]1CN=C(N(C(=O)Nc2cccc(Cl)c2)c2ccccc2)S1. The lowest BCUT2D eigenvalue weighted by Crippen LogP contribution is -2.38. The van der Waals surface area contributed by atoms with Gasteiger partial charge in [-0.25, -0.2) is 9.69 Å². The number of aliphatic imine (C=N–C) groups is 1. The van der Waals surface area contributed by atoms with Gasteiger partial charge in [0.1, 0.15) is 0 Å². The van der Waals surface area contributed by atoms with Crippen LogP contribution >= 0.6 is 23.4 Å². The van der Waals surface area contributed by atoms with Gasteiger partial charge in [0.2, 0.25) is 0 Å². The molecule has 2 amide bonds. The van der Waals surface area contributed by atoms with Crippen molar-refractivity contribution in [3.05, 3.63) is 59.6 Å². The molecule has 4 nitrogen and oxygen atoms in total. The molecule has 0 spiro atoms. The standard InChI is InChI=1S/C17H16ClN3OS/c1-12-11-19-17(23-12)21(15-8-3-2-4-9-15)16(22)20-14-7-5-6-13(18)10-14/h2-10,12H,11H2,1H3,(H,20,22)/t12-/m1/s1. The minimum Gasteiger partial charge on any atom is -0.307 e. The minimum atomic E-state index is -0.251. The average Bonchev–Trinajstić information content (AvgIpc) is 2.94. The van der Waals surface area contributed by atoms with Crippen molar-refractivity contribution in [2.75, 3.05) is 16.8 Å². The summed E-state index contributed by atoms with van der Waals surface area (Å²) in [7, 11) is 0. The fraction of sp³-hybridized carbons (Fsp3) is 0.176. The number of nitrogens with zero attached hydrogens (tertiary/aromatic N) is 2. The smallest absolute Gasteiger partial charge is 0.307 e. The summed E-state index contributed by atoms with van der Waals surface area (Å²) in [6.45, 7) is 2.81. The Labute approximate surface area is 144 Å². The van der Waals surface area contributed by atoms with Crippen molar-refractivity contribution in [3.63, 3.8) is 0 Å². The first-order valence-electron chi connectivity index (χ1n) is 7.26. The van der Waals surface area contributed by atoms with Crippen LogP contribution in [0.3, 0.4) is 0 Å². The summed E-state index contributed by atoms with van der Waals surface area (Å²) in [5.41, 5.74) is 1.44. The second-order valence-corrected chi connectivity index (χ2v) is 7.01. The van der Waals surface area contributed by atoms with Crippen molar-refractivity contribution in [1.29, 1.82) is 0 Å². The van der Waals surface area contributed by atoms with E-state index in [9.17, 15) is 4.79 Å². The fourth-order valence-electron chi connectivity index (χ4n) is 2.22. The van der Waals surface area contributed by atoms with Gasteiger partial charge in [-0.2, -0.15) is 0 Å². The maximum Gasteiger partial charge on any atom is 0.332 e. The van der Waals surface area contributed by atoms with Crippen LogP contribution in [0.25, 0.3) is 0 Å². The van der Waals surface area contributed by atoms with Crippen LogP contribution in [-0.2, 0) is 0 Å². The van der Waals surface area contributed by atoms with Gasteiger partial charge in [0, 0.05) is 16.0 Å². The second kappa shape index (κ2) is 7.06. The zero-order valence-corrected chi connectivity index (χ0v) is 14.1. The Morgan fingerprint density at radius 2 is 2.04 bits per heavy atom. The van der Waals surface area contributed by atoms with E-state index < -0.39 is 0 Å². The van der Waals surface area contributed by atoms with Crippen LogP contribution in [-0.4, -0.2) is 23.0 Å². The normalized spacial score (nSPS) is 16.8. The van der Waals surface area contributed by atoms with Gasteiger partial charge >= 0.3 is 6.03 Å². The average molecular weight is 346 g/mol. The Kier molecular flexibility index (Phi) is 4.88. The van der Waals surface area contributed by atoms with E-state index in [0.717, 1.165) is 5.69 Å². The van der Waals surface area contributed by atoms with Gasteiger partial charge in [0.15, 0.2) is 5.17 Å². The molecule has 118 valence electrons. The number of hydrogen-bond acceptors (Lipinski definition) is 3. The van der Waals surface area contributed by atoms with E-state index in [0.29, 0.717) is 27.7 Å². The van der Waals surface area contributed by atoms with Crippen LogP contribution in [0.5, 0.6) is 0 Å². The number of thioether (sulfide) groups is 1. The summed E-state index contributed by atoms with van der Waals surface area (Å²) in [6.07, 6.45) is 0. The van der Waals surface area contributed by atoms with Gasteiger partial charge in [-0.1, -0.05) is 54.6 Å². The van der Waals surface area contributed by atoms with Crippen molar-refractivity contribution in [3.8, 4) is 0 Å². The highest BCUT2D eigenvalue weighted by Crippen LogP contribution is 2.28. The minimum absolute atomic E-state index is 0.251. The van der Waals surface area contributed by atoms with Crippen molar-refractivity contribution in [2.45, 2.75) is 12.2 Å². The number of urea groups is 1. The van der Waals surface area contributed by atoms with Crippen LogP contribution in [0.1, 0.15) is 6.92 Å². The number of halogens is 1. The van der Waals surface area contributed by atoms with E-state index in [4.69, 9.17) is 11.6 Å². The molecule has 0 aliphatic carbocycles. The summed E-state index contributed by atoms with van der Waals surface area (Å²) in [5, 5.41) is 4.54. The lowest BCUT2D eigenvalue weighted by molar-refractivity contribution is 0.259. The Bertz CT molecular complexity index is 736. The third-order valence-corrected chi connectivity index (χ3v) is 4.58. The summed E-state index contributed by atoms with van der Waals surface area (Å²) in [4.78, 5) is 18.9. The number of rotatable bonds is 2. The first kappa shape index (κ1) is 15.9. The zero-order valence-electron chi connectivity index (χ0n) is 12.6. The Morgan fingerprint density at radius 3 is 2.70 bits per heavy atom. The van der Waals surface area contributed by atoms with Gasteiger partial charge in [0.05, 0.1) is 12.2 Å². The van der Waals surface area contributed by atoms with Crippen molar-refractivity contribution < 1.29 is 4.79 Å². The molecule has 1 N–H and O–H groups in total. The number of amidine groups is 1. The number of amides is 2. The number of carbonyl (C=O) groups is 1. The van der Waals surface area contributed by atoms with Crippen LogP contribution < -0.4 is 10.2 Å². The number of hydrogen-bond donors (Lipinski definition) is 1. The second-order valence-electron chi connectivity index (χ2n) is 5.16. The molecule has 1 atom stereocenters. The molecule has 2 aromatic carbocycles. The molecule has 23 heavy (non-hydrogen) atoms. The Balaban J connectivity index is 1.87. The van der Waals surface area contributed by atoms with Crippen LogP contribution in [0.15, 0.2) is 59.6 Å². The summed E-state index contributed by atoms with van der Waals surface area (Å²) < 4.78 is 0. The lowest BCUT2D eigenvalue weighted by atomic mass is 10.3.